The molecular formula is C37H37N2O+. The third-order valence-corrected chi connectivity index (χ3v) is 9.90. The Bertz CT molecular complexity index is 1750. The average Bonchev–Trinajstić information content (AvgIpc) is 3.63. The number of nitriles is 1. The summed E-state index contributed by atoms with van der Waals surface area (Å²) in [6, 6.07) is 26.2. The van der Waals surface area contributed by atoms with Gasteiger partial charge in [-0.05, 0) is 72.4 Å². The standard InChI is InChI=1S/C37H37N2O/c1-24-14-20-31-32-21-19-28(23-38)35(37(32)40-36(31)34(24)33-13-6-7-22-39(33)2)27-17-15-26(16-18-27)30-12-8-11-29(30)25-9-4-3-5-10-25/h6-7,13-22,25,29-30H,3-5,8-12H2,1-2H3/q+1. The summed E-state index contributed by atoms with van der Waals surface area (Å²) in [6.45, 7) is 2.14. The van der Waals surface area contributed by atoms with Gasteiger partial charge in [-0.2, -0.15) is 5.26 Å². The monoisotopic (exact) mass is 525 g/mol. The molecule has 5 aromatic rings. The van der Waals surface area contributed by atoms with Crippen LogP contribution >= 0.6 is 0 Å². The zero-order valence-electron chi connectivity index (χ0n) is 23.6. The second-order valence-electron chi connectivity index (χ2n) is 12.1. The van der Waals surface area contributed by atoms with Crippen molar-refractivity contribution in [1.29, 1.82) is 5.26 Å². The highest BCUT2D eigenvalue weighted by Crippen LogP contribution is 2.48. The Morgan fingerprint density at radius 1 is 0.775 bits per heavy atom. The second-order valence-corrected chi connectivity index (χ2v) is 12.1. The molecule has 0 amide bonds. The van der Waals surface area contributed by atoms with Crippen molar-refractivity contribution in [3.8, 4) is 28.5 Å². The van der Waals surface area contributed by atoms with Crippen molar-refractivity contribution in [2.45, 2.75) is 64.2 Å². The Hall–Kier alpha value is -3.90. The zero-order chi connectivity index (χ0) is 27.2. The van der Waals surface area contributed by atoms with Gasteiger partial charge in [0.25, 0.3) is 0 Å². The van der Waals surface area contributed by atoms with Crippen molar-refractivity contribution >= 4 is 21.9 Å². The van der Waals surface area contributed by atoms with E-state index in [1.54, 1.807) is 0 Å². The van der Waals surface area contributed by atoms with E-state index in [1.807, 2.05) is 12.1 Å². The summed E-state index contributed by atoms with van der Waals surface area (Å²) in [5.41, 5.74) is 9.15. The van der Waals surface area contributed by atoms with Gasteiger partial charge in [0, 0.05) is 28.5 Å². The first kappa shape index (κ1) is 25.1. The fraction of sp³-hybridized carbons (Fsp3) is 0.351. The van der Waals surface area contributed by atoms with Gasteiger partial charge >= 0.3 is 0 Å². The number of nitrogens with zero attached hydrogens (tertiary/aromatic N) is 2. The normalized spacial score (nSPS) is 19.8. The molecule has 2 heterocycles. The van der Waals surface area contributed by atoms with Crippen LogP contribution in [0.2, 0.25) is 0 Å². The maximum atomic E-state index is 10.1. The predicted molar refractivity (Wildman–Crippen MR) is 162 cm³/mol. The third kappa shape index (κ3) is 4.13. The van der Waals surface area contributed by atoms with Gasteiger partial charge in [0.1, 0.15) is 18.2 Å². The topological polar surface area (TPSA) is 40.8 Å². The van der Waals surface area contributed by atoms with Crippen LogP contribution in [0.1, 0.15) is 74.0 Å². The summed E-state index contributed by atoms with van der Waals surface area (Å²) in [4.78, 5) is 0. The third-order valence-electron chi connectivity index (χ3n) is 9.90. The Kier molecular flexibility index (Phi) is 6.43. The zero-order valence-corrected chi connectivity index (χ0v) is 23.6. The molecule has 3 heteroatoms. The molecule has 40 heavy (non-hydrogen) atoms. The van der Waals surface area contributed by atoms with Crippen LogP contribution in [0.15, 0.2) is 77.3 Å². The number of furan rings is 1. The van der Waals surface area contributed by atoms with Gasteiger partial charge in [-0.1, -0.05) is 74.9 Å². The van der Waals surface area contributed by atoms with E-state index in [4.69, 9.17) is 4.42 Å². The van der Waals surface area contributed by atoms with Crippen molar-refractivity contribution in [1.82, 2.24) is 0 Å². The number of rotatable bonds is 4. The highest BCUT2D eigenvalue weighted by molar-refractivity contribution is 6.14. The molecule has 2 aliphatic carbocycles. The van der Waals surface area contributed by atoms with Crippen LogP contribution in [0.5, 0.6) is 0 Å². The Labute approximate surface area is 237 Å². The van der Waals surface area contributed by atoms with Gasteiger partial charge in [-0.3, -0.25) is 0 Å². The Balaban J connectivity index is 1.34. The minimum absolute atomic E-state index is 0.656. The number of hydrogen-bond donors (Lipinski definition) is 0. The summed E-state index contributed by atoms with van der Waals surface area (Å²) in [5.74, 6) is 2.41. The van der Waals surface area contributed by atoms with Gasteiger partial charge in [0.05, 0.1) is 17.2 Å². The SMILES string of the molecule is Cc1ccc2c(oc3c(-c4ccc(C5CCCC5C5CCCCC5)cc4)c(C#N)ccc32)c1-c1cccc[n+]1C. The van der Waals surface area contributed by atoms with E-state index < -0.39 is 0 Å². The van der Waals surface area contributed by atoms with E-state index in [2.05, 4.69) is 85.4 Å². The number of aromatic nitrogens is 1. The quantitative estimate of drug-likeness (QED) is 0.219. The van der Waals surface area contributed by atoms with E-state index in [-0.39, 0.29) is 0 Å². The fourth-order valence-corrected chi connectivity index (χ4v) is 7.91. The van der Waals surface area contributed by atoms with E-state index >= 15 is 0 Å². The maximum Gasteiger partial charge on any atom is 0.216 e. The average molecular weight is 526 g/mol. The van der Waals surface area contributed by atoms with Crippen LogP contribution in [0, 0.1) is 30.1 Å². The van der Waals surface area contributed by atoms with Crippen LogP contribution in [-0.2, 0) is 7.05 Å². The molecule has 0 spiro atoms. The first-order chi connectivity index (χ1) is 19.6. The molecule has 2 saturated carbocycles. The number of hydrogen-bond acceptors (Lipinski definition) is 2. The molecule has 2 fully saturated rings. The van der Waals surface area contributed by atoms with E-state index in [1.165, 1.54) is 62.5 Å². The first-order valence-electron chi connectivity index (χ1n) is 15.1. The molecule has 0 aliphatic heterocycles. The van der Waals surface area contributed by atoms with Crippen LogP contribution < -0.4 is 4.57 Å². The highest BCUT2D eigenvalue weighted by atomic mass is 16.3. The lowest BCUT2D eigenvalue weighted by molar-refractivity contribution is -0.660. The van der Waals surface area contributed by atoms with Crippen LogP contribution in [0.4, 0.5) is 0 Å². The van der Waals surface area contributed by atoms with Crippen molar-refractivity contribution in [3.05, 3.63) is 89.6 Å². The molecule has 0 saturated heterocycles. The van der Waals surface area contributed by atoms with Crippen molar-refractivity contribution in [3.63, 3.8) is 0 Å². The molecular weight excluding hydrogens is 488 g/mol. The molecule has 0 N–H and O–H groups in total. The van der Waals surface area contributed by atoms with Gasteiger partial charge in [-0.15, -0.1) is 0 Å². The highest BCUT2D eigenvalue weighted by Gasteiger charge is 2.35. The number of fused-ring (bicyclic) bond motifs is 3. The minimum Gasteiger partial charge on any atom is -0.454 e. The molecule has 3 aromatic carbocycles. The van der Waals surface area contributed by atoms with Crippen molar-refractivity contribution < 1.29 is 8.98 Å². The molecule has 0 bridgehead atoms. The van der Waals surface area contributed by atoms with Gasteiger partial charge in [0.15, 0.2) is 6.20 Å². The molecule has 2 unspecified atom stereocenters. The summed E-state index contributed by atoms with van der Waals surface area (Å²) in [5, 5.41) is 12.3. The number of benzene rings is 3. The molecule has 3 nitrogen and oxygen atoms in total. The lowest BCUT2D eigenvalue weighted by Crippen LogP contribution is -2.30. The van der Waals surface area contributed by atoms with Crippen molar-refractivity contribution in [2.24, 2.45) is 18.9 Å². The number of aryl methyl sites for hydroxylation is 2. The Morgan fingerprint density at radius 3 is 2.27 bits per heavy atom. The molecule has 7 rings (SSSR count). The van der Waals surface area contributed by atoms with E-state index in [0.29, 0.717) is 11.5 Å². The summed E-state index contributed by atoms with van der Waals surface area (Å²) < 4.78 is 8.90. The van der Waals surface area contributed by atoms with Crippen molar-refractivity contribution in [2.75, 3.05) is 0 Å². The van der Waals surface area contributed by atoms with Crippen LogP contribution in [0.3, 0.4) is 0 Å². The lowest BCUT2D eigenvalue weighted by atomic mass is 9.73. The van der Waals surface area contributed by atoms with Gasteiger partial charge in [0.2, 0.25) is 5.69 Å². The summed E-state index contributed by atoms with van der Waals surface area (Å²) >= 11 is 0. The number of pyridine rings is 1. The summed E-state index contributed by atoms with van der Waals surface area (Å²) in [7, 11) is 2.07. The largest absolute Gasteiger partial charge is 0.454 e. The molecule has 0 radical (unpaired) electrons. The van der Waals surface area contributed by atoms with Crippen LogP contribution in [-0.4, -0.2) is 0 Å². The van der Waals surface area contributed by atoms with Gasteiger partial charge in [-0.25, -0.2) is 4.57 Å². The van der Waals surface area contributed by atoms with E-state index in [9.17, 15) is 5.26 Å². The molecule has 2 aromatic heterocycles. The fourth-order valence-electron chi connectivity index (χ4n) is 7.91. The Morgan fingerprint density at radius 2 is 1.52 bits per heavy atom. The van der Waals surface area contributed by atoms with Gasteiger partial charge < -0.3 is 4.42 Å². The molecule has 2 atom stereocenters. The maximum absolute atomic E-state index is 10.1. The predicted octanol–water partition coefficient (Wildman–Crippen LogP) is 9.39. The second kappa shape index (κ2) is 10.3. The smallest absolute Gasteiger partial charge is 0.216 e. The summed E-state index contributed by atoms with van der Waals surface area (Å²) in [6.07, 6.45) is 13.2. The van der Waals surface area contributed by atoms with Crippen LogP contribution in [0.25, 0.3) is 44.3 Å². The first-order valence-corrected chi connectivity index (χ1v) is 15.1. The minimum atomic E-state index is 0.656. The molecule has 200 valence electrons. The van der Waals surface area contributed by atoms with E-state index in [0.717, 1.165) is 56.2 Å². The lowest BCUT2D eigenvalue weighted by Gasteiger charge is -2.32. The molecule has 2 aliphatic rings.